The van der Waals surface area contributed by atoms with E-state index in [9.17, 15) is 24.2 Å². The van der Waals surface area contributed by atoms with E-state index in [2.05, 4.69) is 5.32 Å². The molecule has 2 atom stereocenters. The maximum Gasteiger partial charge on any atom is 0.305 e. The van der Waals surface area contributed by atoms with Gasteiger partial charge in [-0.25, -0.2) is 4.39 Å². The van der Waals surface area contributed by atoms with Crippen molar-refractivity contribution in [2.45, 2.75) is 70.9 Å². The molecule has 0 fully saturated rings. The third-order valence-corrected chi connectivity index (χ3v) is 7.61. The van der Waals surface area contributed by atoms with Crippen LogP contribution < -0.4 is 11.1 Å². The minimum Gasteiger partial charge on any atom is -0.481 e. The van der Waals surface area contributed by atoms with Crippen molar-refractivity contribution in [3.63, 3.8) is 0 Å². The molecule has 0 spiro atoms. The molecular formula is C35H40FN3O5. The first-order valence-corrected chi connectivity index (χ1v) is 14.8. The number of aliphatic hydroxyl groups excluding tert-OH is 2. The van der Waals surface area contributed by atoms with E-state index in [1.54, 1.807) is 12.1 Å². The van der Waals surface area contributed by atoms with E-state index >= 15 is 0 Å². The van der Waals surface area contributed by atoms with Gasteiger partial charge in [-0.15, -0.1) is 0 Å². The van der Waals surface area contributed by atoms with Crippen molar-refractivity contribution in [1.29, 1.82) is 0 Å². The van der Waals surface area contributed by atoms with Gasteiger partial charge in [0.05, 0.1) is 18.6 Å². The second-order valence-corrected chi connectivity index (χ2v) is 11.3. The minimum atomic E-state index is -1.18. The zero-order valence-corrected chi connectivity index (χ0v) is 25.0. The predicted octanol–water partition coefficient (Wildman–Crippen LogP) is 5.45. The summed E-state index contributed by atoms with van der Waals surface area (Å²) in [4.78, 5) is 25.2. The summed E-state index contributed by atoms with van der Waals surface area (Å²) in [6.07, 6.45) is -2.18. The van der Waals surface area contributed by atoms with Crippen molar-refractivity contribution < 1.29 is 29.3 Å². The Kier molecular flexibility index (Phi) is 11.1. The number of nitrogens with one attached hydrogen (secondary N) is 1. The molecule has 1 amide bonds. The van der Waals surface area contributed by atoms with Crippen molar-refractivity contribution in [3.8, 4) is 22.3 Å². The van der Waals surface area contributed by atoms with Gasteiger partial charge in [-0.05, 0) is 67.5 Å². The normalized spacial score (nSPS) is 12.7. The predicted molar refractivity (Wildman–Crippen MR) is 168 cm³/mol. The van der Waals surface area contributed by atoms with Gasteiger partial charge in [-0.2, -0.15) is 0 Å². The maximum absolute atomic E-state index is 14.1. The monoisotopic (exact) mass is 601 g/mol. The fourth-order valence-corrected chi connectivity index (χ4v) is 5.57. The number of carbonyl (C=O) groups excluding carboxylic acids is 1. The van der Waals surface area contributed by atoms with E-state index in [0.29, 0.717) is 36.3 Å². The molecule has 6 N–H and O–H groups in total. The van der Waals surface area contributed by atoms with Gasteiger partial charge in [0, 0.05) is 36.0 Å². The number of amides is 1. The first kappa shape index (κ1) is 32.6. The summed E-state index contributed by atoms with van der Waals surface area (Å²) in [5, 5.41) is 33.0. The van der Waals surface area contributed by atoms with E-state index in [0.717, 1.165) is 27.9 Å². The quantitative estimate of drug-likeness (QED) is 0.130. The Balaban J connectivity index is 1.83. The lowest BCUT2D eigenvalue weighted by Crippen LogP contribution is -2.27. The maximum atomic E-state index is 14.1. The highest BCUT2D eigenvalue weighted by atomic mass is 19.1. The third kappa shape index (κ3) is 7.99. The molecule has 0 unspecified atom stereocenters. The highest BCUT2D eigenvalue weighted by molar-refractivity contribution is 6.05. The minimum absolute atomic E-state index is 0.0948. The molecule has 0 radical (unpaired) electrons. The zero-order chi connectivity index (χ0) is 31.8. The van der Waals surface area contributed by atoms with Gasteiger partial charge in [0.1, 0.15) is 11.5 Å². The molecule has 4 aromatic rings. The van der Waals surface area contributed by atoms with Crippen LogP contribution in [0.25, 0.3) is 22.3 Å². The van der Waals surface area contributed by atoms with Gasteiger partial charge in [0.15, 0.2) is 0 Å². The number of carbonyl (C=O) groups is 2. The van der Waals surface area contributed by atoms with E-state index in [-0.39, 0.29) is 30.6 Å². The van der Waals surface area contributed by atoms with Gasteiger partial charge >= 0.3 is 5.97 Å². The third-order valence-electron chi connectivity index (χ3n) is 7.61. The molecule has 1 heterocycles. The van der Waals surface area contributed by atoms with Gasteiger partial charge in [0.25, 0.3) is 5.91 Å². The summed E-state index contributed by atoms with van der Waals surface area (Å²) in [6.45, 7) is 4.67. The SMILES string of the molecule is CC(C)n1c(CC[C@@H](O)C[C@@H](O)CC(=O)O)c(-c2ccc(F)cc2)c(-c2ccccc2)c1C(=O)NCc1ccc(CN)cc1. The molecule has 9 heteroatoms. The molecule has 0 aliphatic heterocycles. The number of aliphatic hydroxyl groups is 2. The first-order chi connectivity index (χ1) is 21.1. The fourth-order valence-electron chi connectivity index (χ4n) is 5.57. The van der Waals surface area contributed by atoms with E-state index in [4.69, 9.17) is 10.8 Å². The summed E-state index contributed by atoms with van der Waals surface area (Å²) in [7, 11) is 0. The number of aromatic nitrogens is 1. The number of rotatable bonds is 14. The molecule has 0 saturated heterocycles. The molecule has 8 nitrogen and oxygen atoms in total. The summed E-state index contributed by atoms with van der Waals surface area (Å²) in [5.74, 6) is -1.82. The Morgan fingerprint density at radius 2 is 1.48 bits per heavy atom. The molecule has 0 aliphatic rings. The molecule has 4 rings (SSSR count). The zero-order valence-electron chi connectivity index (χ0n) is 25.0. The number of aliphatic carboxylic acids is 1. The highest BCUT2D eigenvalue weighted by Crippen LogP contribution is 2.42. The van der Waals surface area contributed by atoms with Crippen LogP contribution in [0.5, 0.6) is 0 Å². The van der Waals surface area contributed by atoms with Crippen LogP contribution in [0.4, 0.5) is 4.39 Å². The number of carboxylic acid groups (broad SMARTS) is 1. The number of halogens is 1. The Morgan fingerprint density at radius 1 is 0.864 bits per heavy atom. The van der Waals surface area contributed by atoms with Gasteiger partial charge in [-0.1, -0.05) is 66.7 Å². The number of nitrogens with two attached hydrogens (primary N) is 1. The lowest BCUT2D eigenvalue weighted by atomic mass is 9.92. The standard InChI is InChI=1S/C35H40FN3O5/c1-22(2)39-30(17-16-28(40)18-29(41)19-31(42)43)32(26-12-14-27(36)15-13-26)33(25-6-4-3-5-7-25)34(39)35(44)38-21-24-10-8-23(20-37)9-11-24/h3-15,22,28-29,40-41H,16-21,37H2,1-2H3,(H,38,44)(H,42,43)/t28-,29-/m1/s1. The molecule has 232 valence electrons. The number of hydrogen-bond acceptors (Lipinski definition) is 5. The van der Waals surface area contributed by atoms with Crippen LogP contribution >= 0.6 is 0 Å². The van der Waals surface area contributed by atoms with Crippen LogP contribution in [-0.2, 0) is 24.3 Å². The van der Waals surface area contributed by atoms with Crippen LogP contribution in [0.2, 0.25) is 0 Å². The molecule has 1 aromatic heterocycles. The van der Waals surface area contributed by atoms with Crippen molar-refractivity contribution in [3.05, 3.63) is 107 Å². The first-order valence-electron chi connectivity index (χ1n) is 14.8. The summed E-state index contributed by atoms with van der Waals surface area (Å²) < 4.78 is 16.0. The number of hydrogen-bond donors (Lipinski definition) is 5. The lowest BCUT2D eigenvalue weighted by Gasteiger charge is -2.20. The Morgan fingerprint density at radius 3 is 2.07 bits per heavy atom. The molecule has 0 bridgehead atoms. The van der Waals surface area contributed by atoms with Gasteiger partial charge < -0.3 is 30.9 Å². The summed E-state index contributed by atoms with van der Waals surface area (Å²) >= 11 is 0. The Labute approximate surface area is 257 Å². The molecule has 0 aliphatic carbocycles. The van der Waals surface area contributed by atoms with E-state index in [1.165, 1.54) is 12.1 Å². The largest absolute Gasteiger partial charge is 0.481 e. The van der Waals surface area contributed by atoms with Crippen LogP contribution in [0.3, 0.4) is 0 Å². The fraction of sp³-hybridized carbons (Fsp3) is 0.314. The smallest absolute Gasteiger partial charge is 0.305 e. The topological polar surface area (TPSA) is 138 Å². The van der Waals surface area contributed by atoms with Crippen LogP contribution in [0, 0.1) is 5.82 Å². The van der Waals surface area contributed by atoms with Crippen LogP contribution in [0.15, 0.2) is 78.9 Å². The van der Waals surface area contributed by atoms with Crippen molar-refractivity contribution in [2.24, 2.45) is 5.73 Å². The van der Waals surface area contributed by atoms with Crippen molar-refractivity contribution >= 4 is 11.9 Å². The van der Waals surface area contributed by atoms with Crippen molar-refractivity contribution in [2.75, 3.05) is 0 Å². The van der Waals surface area contributed by atoms with Gasteiger partial charge in [0.2, 0.25) is 0 Å². The molecule has 3 aromatic carbocycles. The second-order valence-electron chi connectivity index (χ2n) is 11.3. The average Bonchev–Trinajstić information content (AvgIpc) is 3.35. The number of carboxylic acids is 1. The number of benzene rings is 3. The van der Waals surface area contributed by atoms with Gasteiger partial charge in [-0.3, -0.25) is 9.59 Å². The Hall–Kier alpha value is -4.31. The highest BCUT2D eigenvalue weighted by Gasteiger charge is 2.30. The summed E-state index contributed by atoms with van der Waals surface area (Å²) in [6, 6.07) is 23.2. The second kappa shape index (κ2) is 14.9. The lowest BCUT2D eigenvalue weighted by molar-refractivity contribution is -0.139. The number of nitrogens with zero attached hydrogens (tertiary/aromatic N) is 1. The molecular weight excluding hydrogens is 561 g/mol. The molecule has 44 heavy (non-hydrogen) atoms. The van der Waals surface area contributed by atoms with Crippen molar-refractivity contribution in [1.82, 2.24) is 9.88 Å². The van der Waals surface area contributed by atoms with Crippen LogP contribution in [0.1, 0.15) is 66.5 Å². The Bertz CT molecular complexity index is 1550. The van der Waals surface area contributed by atoms with Crippen LogP contribution in [-0.4, -0.2) is 44.0 Å². The molecule has 0 saturated carbocycles. The van der Waals surface area contributed by atoms with E-state index in [1.807, 2.05) is 73.0 Å². The summed E-state index contributed by atoms with van der Waals surface area (Å²) in [5.41, 5.74) is 11.8. The average molecular weight is 602 g/mol. The van der Waals surface area contributed by atoms with E-state index < -0.39 is 24.6 Å².